The Hall–Kier alpha value is -2.85. The second kappa shape index (κ2) is 11.5. The number of benzene rings is 2. The standard InChI is InChI=1S/C27H34N2O2/c1-5-8-22-11-12-26(28-18-22)29-19-23-9-7-10-24(17-23)27-20(3)15-25(16-21(27)4)31-14-13-30-6-2/h7,9-12,15-18H,5-6,8,13-14,19H2,1-4H3,(H,28,29). The molecule has 2 aromatic carbocycles. The molecule has 0 spiro atoms. The van der Waals surface area contributed by atoms with Gasteiger partial charge in [0.15, 0.2) is 0 Å². The number of rotatable bonds is 11. The number of ether oxygens (including phenoxy) is 2. The minimum atomic E-state index is 0.570. The maximum atomic E-state index is 5.85. The number of nitrogens with one attached hydrogen (secondary N) is 1. The van der Waals surface area contributed by atoms with E-state index in [4.69, 9.17) is 9.47 Å². The van der Waals surface area contributed by atoms with Crippen LogP contribution in [0.4, 0.5) is 5.82 Å². The first kappa shape index (κ1) is 22.8. The van der Waals surface area contributed by atoms with Crippen molar-refractivity contribution in [3.05, 3.63) is 77.0 Å². The van der Waals surface area contributed by atoms with Gasteiger partial charge in [0.1, 0.15) is 18.2 Å². The minimum absolute atomic E-state index is 0.570. The lowest BCUT2D eigenvalue weighted by atomic mass is 9.94. The van der Waals surface area contributed by atoms with Crippen LogP contribution in [0.15, 0.2) is 54.7 Å². The number of aryl methyl sites for hydroxylation is 3. The van der Waals surface area contributed by atoms with Crippen LogP contribution in [0, 0.1) is 13.8 Å². The zero-order chi connectivity index (χ0) is 22.1. The quantitative estimate of drug-likeness (QED) is 0.369. The van der Waals surface area contributed by atoms with Gasteiger partial charge in [0.05, 0.1) is 6.61 Å². The smallest absolute Gasteiger partial charge is 0.126 e. The van der Waals surface area contributed by atoms with Crippen LogP contribution in [0.25, 0.3) is 11.1 Å². The monoisotopic (exact) mass is 418 g/mol. The lowest BCUT2D eigenvalue weighted by Crippen LogP contribution is -2.06. The first-order valence-corrected chi connectivity index (χ1v) is 11.2. The molecule has 4 nitrogen and oxygen atoms in total. The van der Waals surface area contributed by atoms with Gasteiger partial charge in [0, 0.05) is 19.3 Å². The summed E-state index contributed by atoms with van der Waals surface area (Å²) in [5.41, 5.74) is 7.43. The lowest BCUT2D eigenvalue weighted by molar-refractivity contribution is 0.110. The van der Waals surface area contributed by atoms with Gasteiger partial charge in [0.25, 0.3) is 0 Å². The van der Waals surface area contributed by atoms with E-state index < -0.39 is 0 Å². The summed E-state index contributed by atoms with van der Waals surface area (Å²) in [6, 6.07) is 17.1. The molecule has 1 N–H and O–H groups in total. The van der Waals surface area contributed by atoms with E-state index in [0.29, 0.717) is 19.8 Å². The van der Waals surface area contributed by atoms with E-state index in [1.54, 1.807) is 0 Å². The molecular formula is C27H34N2O2. The molecule has 0 unspecified atom stereocenters. The second-order valence-corrected chi connectivity index (χ2v) is 7.83. The molecule has 3 aromatic rings. The third-order valence-electron chi connectivity index (χ3n) is 5.26. The highest BCUT2D eigenvalue weighted by Gasteiger charge is 2.09. The summed E-state index contributed by atoms with van der Waals surface area (Å²) in [5, 5.41) is 3.44. The summed E-state index contributed by atoms with van der Waals surface area (Å²) in [6.07, 6.45) is 4.18. The molecule has 0 saturated carbocycles. The number of hydrogen-bond donors (Lipinski definition) is 1. The SMILES string of the molecule is CCCc1ccc(NCc2cccc(-c3c(C)cc(OCCOCC)cc3C)c2)nc1. The zero-order valence-electron chi connectivity index (χ0n) is 19.2. The molecule has 1 aromatic heterocycles. The van der Waals surface area contributed by atoms with Crippen molar-refractivity contribution < 1.29 is 9.47 Å². The van der Waals surface area contributed by atoms with Gasteiger partial charge in [-0.3, -0.25) is 0 Å². The molecule has 3 rings (SSSR count). The first-order valence-electron chi connectivity index (χ1n) is 11.2. The fourth-order valence-corrected chi connectivity index (χ4v) is 3.82. The lowest BCUT2D eigenvalue weighted by Gasteiger charge is -2.15. The molecule has 0 atom stereocenters. The molecule has 0 aliphatic heterocycles. The van der Waals surface area contributed by atoms with Crippen molar-refractivity contribution in [3.63, 3.8) is 0 Å². The molecule has 0 bridgehead atoms. The highest BCUT2D eigenvalue weighted by atomic mass is 16.5. The highest BCUT2D eigenvalue weighted by Crippen LogP contribution is 2.31. The minimum Gasteiger partial charge on any atom is -0.491 e. The van der Waals surface area contributed by atoms with Gasteiger partial charge >= 0.3 is 0 Å². The van der Waals surface area contributed by atoms with E-state index in [2.05, 4.69) is 79.6 Å². The molecule has 1 heterocycles. The van der Waals surface area contributed by atoms with Gasteiger partial charge in [-0.05, 0) is 84.8 Å². The predicted molar refractivity (Wildman–Crippen MR) is 129 cm³/mol. The average molecular weight is 419 g/mol. The Balaban J connectivity index is 1.69. The van der Waals surface area contributed by atoms with Crippen molar-refractivity contribution in [3.8, 4) is 16.9 Å². The number of aromatic nitrogens is 1. The molecule has 0 saturated heterocycles. The Morgan fingerprint density at radius 1 is 0.903 bits per heavy atom. The summed E-state index contributed by atoms with van der Waals surface area (Å²) in [6.45, 7) is 11.1. The predicted octanol–water partition coefficient (Wildman–Crippen LogP) is 6.35. The maximum Gasteiger partial charge on any atom is 0.126 e. The van der Waals surface area contributed by atoms with Crippen LogP contribution < -0.4 is 10.1 Å². The maximum absolute atomic E-state index is 5.85. The van der Waals surface area contributed by atoms with Crippen LogP contribution in [0.1, 0.15) is 42.5 Å². The summed E-state index contributed by atoms with van der Waals surface area (Å²) in [4.78, 5) is 4.53. The van der Waals surface area contributed by atoms with E-state index in [-0.39, 0.29) is 0 Å². The molecule has 0 amide bonds. The van der Waals surface area contributed by atoms with E-state index in [0.717, 1.165) is 31.0 Å². The molecule has 0 aliphatic rings. The van der Waals surface area contributed by atoms with Crippen LogP contribution in [0.3, 0.4) is 0 Å². The van der Waals surface area contributed by atoms with Crippen molar-refractivity contribution in [2.45, 2.75) is 47.1 Å². The van der Waals surface area contributed by atoms with Crippen molar-refractivity contribution in [2.24, 2.45) is 0 Å². The molecular weight excluding hydrogens is 384 g/mol. The van der Waals surface area contributed by atoms with Gasteiger partial charge in [-0.25, -0.2) is 4.98 Å². The number of hydrogen-bond acceptors (Lipinski definition) is 4. The largest absolute Gasteiger partial charge is 0.491 e. The summed E-state index contributed by atoms with van der Waals surface area (Å²) in [5.74, 6) is 1.81. The summed E-state index contributed by atoms with van der Waals surface area (Å²) >= 11 is 0. The molecule has 31 heavy (non-hydrogen) atoms. The second-order valence-electron chi connectivity index (χ2n) is 7.83. The zero-order valence-corrected chi connectivity index (χ0v) is 19.2. The molecule has 0 radical (unpaired) electrons. The van der Waals surface area contributed by atoms with Gasteiger partial charge in [0.2, 0.25) is 0 Å². The fourth-order valence-electron chi connectivity index (χ4n) is 3.82. The Morgan fingerprint density at radius 2 is 1.71 bits per heavy atom. The van der Waals surface area contributed by atoms with E-state index in [9.17, 15) is 0 Å². The van der Waals surface area contributed by atoms with Gasteiger partial charge in [-0.15, -0.1) is 0 Å². The number of nitrogens with zero attached hydrogens (tertiary/aromatic N) is 1. The Bertz CT molecular complexity index is 944. The van der Waals surface area contributed by atoms with E-state index >= 15 is 0 Å². The van der Waals surface area contributed by atoms with Gasteiger partial charge < -0.3 is 14.8 Å². The third kappa shape index (κ3) is 6.56. The van der Waals surface area contributed by atoms with Crippen molar-refractivity contribution in [1.29, 1.82) is 0 Å². The summed E-state index contributed by atoms with van der Waals surface area (Å²) < 4.78 is 11.2. The first-order chi connectivity index (χ1) is 15.1. The topological polar surface area (TPSA) is 43.4 Å². The van der Waals surface area contributed by atoms with Crippen LogP contribution in [-0.2, 0) is 17.7 Å². The summed E-state index contributed by atoms with van der Waals surface area (Å²) in [7, 11) is 0. The van der Waals surface area contributed by atoms with Crippen LogP contribution in [0.2, 0.25) is 0 Å². The fraction of sp³-hybridized carbons (Fsp3) is 0.370. The van der Waals surface area contributed by atoms with Crippen molar-refractivity contribution >= 4 is 5.82 Å². The van der Waals surface area contributed by atoms with Crippen LogP contribution in [-0.4, -0.2) is 24.8 Å². The molecule has 4 heteroatoms. The highest BCUT2D eigenvalue weighted by molar-refractivity contribution is 5.72. The number of anilines is 1. The number of pyridine rings is 1. The van der Waals surface area contributed by atoms with E-state index in [1.165, 1.54) is 33.4 Å². The van der Waals surface area contributed by atoms with Crippen LogP contribution in [0.5, 0.6) is 5.75 Å². The average Bonchev–Trinajstić information content (AvgIpc) is 2.76. The molecule has 0 fully saturated rings. The Morgan fingerprint density at radius 3 is 2.39 bits per heavy atom. The third-order valence-corrected chi connectivity index (χ3v) is 5.26. The Kier molecular flexibility index (Phi) is 8.48. The van der Waals surface area contributed by atoms with Crippen molar-refractivity contribution in [2.75, 3.05) is 25.1 Å². The van der Waals surface area contributed by atoms with Gasteiger partial charge in [-0.2, -0.15) is 0 Å². The van der Waals surface area contributed by atoms with Crippen molar-refractivity contribution in [1.82, 2.24) is 4.98 Å². The molecule has 0 aliphatic carbocycles. The van der Waals surface area contributed by atoms with Crippen LogP contribution >= 0.6 is 0 Å². The van der Waals surface area contributed by atoms with Gasteiger partial charge in [-0.1, -0.05) is 37.6 Å². The normalized spacial score (nSPS) is 10.8. The van der Waals surface area contributed by atoms with E-state index in [1.807, 2.05) is 13.1 Å². The Labute approximate surface area is 186 Å². The molecule has 164 valence electrons.